The Morgan fingerprint density at radius 3 is 2.77 bits per heavy atom. The first-order valence-electron chi connectivity index (χ1n) is 7.95. The third kappa shape index (κ3) is 4.28. The highest BCUT2D eigenvalue weighted by Gasteiger charge is 2.25. The summed E-state index contributed by atoms with van der Waals surface area (Å²) in [6.45, 7) is 8.38. The van der Waals surface area contributed by atoms with Crippen molar-refractivity contribution < 1.29 is 14.6 Å². The molecule has 7 nitrogen and oxygen atoms in total. The molecule has 0 radical (unpaired) electrons. The van der Waals surface area contributed by atoms with Gasteiger partial charge in [-0.15, -0.1) is 0 Å². The summed E-state index contributed by atoms with van der Waals surface area (Å²) in [7, 11) is 0. The van der Waals surface area contributed by atoms with E-state index in [-0.39, 0.29) is 5.91 Å². The zero-order valence-electron chi connectivity index (χ0n) is 13.4. The number of aromatic amines is 1. The fraction of sp³-hybridized carbons (Fsp3) is 0.733. The molecule has 0 aromatic carbocycles. The van der Waals surface area contributed by atoms with Crippen LogP contribution in [-0.4, -0.2) is 83.1 Å². The number of aromatic nitrogens is 2. The van der Waals surface area contributed by atoms with Crippen molar-refractivity contribution in [3.8, 4) is 0 Å². The normalized spacial score (nSPS) is 17.7. The molecule has 2 N–H and O–H groups in total. The van der Waals surface area contributed by atoms with Gasteiger partial charge in [-0.25, -0.2) is 0 Å². The molecule has 1 saturated heterocycles. The van der Waals surface area contributed by atoms with Crippen LogP contribution in [0.3, 0.4) is 0 Å². The molecular formula is C15H26N4O3. The highest BCUT2D eigenvalue weighted by atomic mass is 16.5. The molecule has 1 aromatic rings. The molecule has 1 fully saturated rings. The summed E-state index contributed by atoms with van der Waals surface area (Å²) in [4.78, 5) is 16.5. The third-order valence-corrected chi connectivity index (χ3v) is 3.95. The highest BCUT2D eigenvalue weighted by Crippen LogP contribution is 2.12. The SMILES string of the molecule is CCOCC(O)CN1CCN(C(=O)c2cn[nH]c2CC)CC1. The Morgan fingerprint density at radius 1 is 1.41 bits per heavy atom. The second-order valence-electron chi connectivity index (χ2n) is 5.52. The first kappa shape index (κ1) is 16.9. The maximum atomic E-state index is 12.5. The van der Waals surface area contributed by atoms with Crippen molar-refractivity contribution in [2.75, 3.05) is 45.9 Å². The smallest absolute Gasteiger partial charge is 0.257 e. The van der Waals surface area contributed by atoms with Crippen LogP contribution in [0.5, 0.6) is 0 Å². The lowest BCUT2D eigenvalue weighted by atomic mass is 10.1. The summed E-state index contributed by atoms with van der Waals surface area (Å²) in [5.74, 6) is 0.0418. The van der Waals surface area contributed by atoms with Crippen LogP contribution in [-0.2, 0) is 11.2 Å². The van der Waals surface area contributed by atoms with E-state index in [0.29, 0.717) is 38.4 Å². The number of nitrogens with one attached hydrogen (secondary N) is 1. The van der Waals surface area contributed by atoms with Crippen LogP contribution in [0, 0.1) is 0 Å². The van der Waals surface area contributed by atoms with E-state index in [1.54, 1.807) is 6.20 Å². The van der Waals surface area contributed by atoms with Crippen molar-refractivity contribution in [1.29, 1.82) is 0 Å². The van der Waals surface area contributed by atoms with Gasteiger partial charge in [0.15, 0.2) is 0 Å². The molecule has 124 valence electrons. The van der Waals surface area contributed by atoms with E-state index in [1.807, 2.05) is 18.7 Å². The van der Waals surface area contributed by atoms with Crippen LogP contribution in [0.1, 0.15) is 29.9 Å². The Kier molecular flexibility index (Phi) is 6.35. The van der Waals surface area contributed by atoms with Crippen molar-refractivity contribution >= 4 is 5.91 Å². The lowest BCUT2D eigenvalue weighted by molar-refractivity contribution is 0.0111. The van der Waals surface area contributed by atoms with Gasteiger partial charge < -0.3 is 14.7 Å². The summed E-state index contributed by atoms with van der Waals surface area (Å²) in [6.07, 6.45) is 1.91. The summed E-state index contributed by atoms with van der Waals surface area (Å²) < 4.78 is 5.22. The van der Waals surface area contributed by atoms with E-state index < -0.39 is 6.10 Å². The zero-order valence-corrected chi connectivity index (χ0v) is 13.4. The Labute approximate surface area is 131 Å². The van der Waals surface area contributed by atoms with Crippen LogP contribution < -0.4 is 0 Å². The molecule has 1 aliphatic heterocycles. The second-order valence-corrected chi connectivity index (χ2v) is 5.52. The number of amides is 1. The lowest BCUT2D eigenvalue weighted by Gasteiger charge is -2.35. The minimum atomic E-state index is -0.470. The molecule has 1 atom stereocenters. The van der Waals surface area contributed by atoms with Gasteiger partial charge in [0.05, 0.1) is 24.5 Å². The van der Waals surface area contributed by atoms with Gasteiger partial charge in [-0.3, -0.25) is 14.8 Å². The van der Waals surface area contributed by atoms with Gasteiger partial charge >= 0.3 is 0 Å². The molecule has 7 heteroatoms. The monoisotopic (exact) mass is 310 g/mol. The van der Waals surface area contributed by atoms with Gasteiger partial charge in [0.25, 0.3) is 5.91 Å². The number of aliphatic hydroxyl groups excluding tert-OH is 1. The Hall–Kier alpha value is -1.44. The van der Waals surface area contributed by atoms with Crippen LogP contribution in [0.2, 0.25) is 0 Å². The molecule has 1 aliphatic rings. The van der Waals surface area contributed by atoms with Crippen molar-refractivity contribution in [1.82, 2.24) is 20.0 Å². The van der Waals surface area contributed by atoms with Gasteiger partial charge in [0.1, 0.15) is 0 Å². The van der Waals surface area contributed by atoms with E-state index >= 15 is 0 Å². The Bertz CT molecular complexity index is 469. The van der Waals surface area contributed by atoms with Crippen molar-refractivity contribution in [3.05, 3.63) is 17.5 Å². The summed E-state index contributed by atoms with van der Waals surface area (Å²) in [6, 6.07) is 0. The molecule has 0 spiro atoms. The van der Waals surface area contributed by atoms with Crippen molar-refractivity contribution in [2.24, 2.45) is 0 Å². The number of aryl methyl sites for hydroxylation is 1. The topological polar surface area (TPSA) is 81.7 Å². The molecule has 1 amide bonds. The highest BCUT2D eigenvalue weighted by molar-refractivity contribution is 5.95. The van der Waals surface area contributed by atoms with Crippen LogP contribution in [0.25, 0.3) is 0 Å². The largest absolute Gasteiger partial charge is 0.389 e. The molecule has 2 rings (SSSR count). The average Bonchev–Trinajstić information content (AvgIpc) is 3.01. The van der Waals surface area contributed by atoms with E-state index in [1.165, 1.54) is 0 Å². The maximum absolute atomic E-state index is 12.5. The fourth-order valence-electron chi connectivity index (χ4n) is 2.68. The number of H-pyrrole nitrogens is 1. The van der Waals surface area contributed by atoms with Crippen LogP contribution >= 0.6 is 0 Å². The molecule has 1 aromatic heterocycles. The summed E-state index contributed by atoms with van der Waals surface area (Å²) >= 11 is 0. The Balaban J connectivity index is 1.80. The number of nitrogens with zero attached hydrogens (tertiary/aromatic N) is 3. The summed E-state index contributed by atoms with van der Waals surface area (Å²) in [5, 5.41) is 16.7. The van der Waals surface area contributed by atoms with Crippen molar-refractivity contribution in [2.45, 2.75) is 26.4 Å². The minimum Gasteiger partial charge on any atom is -0.389 e. The maximum Gasteiger partial charge on any atom is 0.257 e. The van der Waals surface area contributed by atoms with E-state index in [2.05, 4.69) is 15.1 Å². The minimum absolute atomic E-state index is 0.0418. The molecule has 1 unspecified atom stereocenters. The lowest BCUT2D eigenvalue weighted by Crippen LogP contribution is -2.50. The first-order valence-corrected chi connectivity index (χ1v) is 7.95. The van der Waals surface area contributed by atoms with Gasteiger partial charge in [0.2, 0.25) is 0 Å². The number of aliphatic hydroxyl groups is 1. The molecule has 0 aliphatic carbocycles. The average molecular weight is 310 g/mol. The predicted molar refractivity (Wildman–Crippen MR) is 82.8 cm³/mol. The van der Waals surface area contributed by atoms with E-state index in [0.717, 1.165) is 25.2 Å². The molecular weight excluding hydrogens is 284 g/mol. The van der Waals surface area contributed by atoms with Crippen LogP contribution in [0.4, 0.5) is 0 Å². The third-order valence-electron chi connectivity index (χ3n) is 3.95. The van der Waals surface area contributed by atoms with Crippen LogP contribution in [0.15, 0.2) is 6.20 Å². The number of carbonyl (C=O) groups excluding carboxylic acids is 1. The van der Waals surface area contributed by atoms with E-state index in [9.17, 15) is 9.90 Å². The number of ether oxygens (including phenoxy) is 1. The fourth-order valence-corrected chi connectivity index (χ4v) is 2.68. The van der Waals surface area contributed by atoms with Gasteiger partial charge in [-0.1, -0.05) is 6.92 Å². The number of carbonyl (C=O) groups is 1. The Morgan fingerprint density at radius 2 is 2.14 bits per heavy atom. The molecule has 22 heavy (non-hydrogen) atoms. The standard InChI is InChI=1S/C15H26N4O3/c1-3-14-13(9-16-17-14)15(21)19-7-5-18(6-8-19)10-12(20)11-22-4-2/h9,12,20H,3-8,10-11H2,1-2H3,(H,16,17). The van der Waals surface area contributed by atoms with Gasteiger partial charge in [-0.2, -0.15) is 5.10 Å². The molecule has 0 saturated carbocycles. The molecule has 2 heterocycles. The number of piperazine rings is 1. The second kappa shape index (κ2) is 8.26. The number of hydrogen-bond acceptors (Lipinski definition) is 5. The zero-order chi connectivity index (χ0) is 15.9. The number of hydrogen-bond donors (Lipinski definition) is 2. The first-order chi connectivity index (χ1) is 10.7. The van der Waals surface area contributed by atoms with E-state index in [4.69, 9.17) is 4.74 Å². The quantitative estimate of drug-likeness (QED) is 0.748. The van der Waals surface area contributed by atoms with Gasteiger partial charge in [-0.05, 0) is 13.3 Å². The van der Waals surface area contributed by atoms with Gasteiger partial charge in [0, 0.05) is 45.0 Å². The number of β-amino-alcohol motifs (C(OH)–C–C–N with tert-alkyl or cyclic N) is 1. The predicted octanol–water partition coefficient (Wildman–Crippen LogP) is 0.127. The van der Waals surface area contributed by atoms with Crippen molar-refractivity contribution in [3.63, 3.8) is 0 Å². The number of rotatable bonds is 7. The summed E-state index contributed by atoms with van der Waals surface area (Å²) in [5.41, 5.74) is 1.56. The molecule has 0 bridgehead atoms.